The number of aromatic nitrogens is 1. The van der Waals surface area contributed by atoms with E-state index in [0.717, 1.165) is 10.2 Å². The Bertz CT molecular complexity index is 1200. The van der Waals surface area contributed by atoms with E-state index in [1.165, 1.54) is 0 Å². The van der Waals surface area contributed by atoms with Gasteiger partial charge in [-0.1, -0.05) is 43.1 Å². The van der Waals surface area contributed by atoms with Gasteiger partial charge in [-0.2, -0.15) is 5.26 Å². The molecule has 1 aliphatic heterocycles. The summed E-state index contributed by atoms with van der Waals surface area (Å²) in [5.74, 6) is 0.120. The summed E-state index contributed by atoms with van der Waals surface area (Å²) in [7, 11) is 0. The van der Waals surface area contributed by atoms with Gasteiger partial charge >= 0.3 is 0 Å². The van der Waals surface area contributed by atoms with Gasteiger partial charge in [0.2, 0.25) is 0 Å². The van der Waals surface area contributed by atoms with Crippen LogP contribution in [0, 0.1) is 16.7 Å². The number of nitriles is 1. The maximum absolute atomic E-state index is 13.5. The summed E-state index contributed by atoms with van der Waals surface area (Å²) in [5.41, 5.74) is 8.50. The number of carbonyl (C=O) groups excluding carboxylic acids is 1. The Balaban J connectivity index is 2.01. The number of pyridine rings is 1. The molecule has 31 heavy (non-hydrogen) atoms. The lowest BCUT2D eigenvalue weighted by molar-refractivity contribution is -0.118. The van der Waals surface area contributed by atoms with Gasteiger partial charge in [0, 0.05) is 38.4 Å². The molecule has 158 valence electrons. The average Bonchev–Trinajstić information content (AvgIpc) is 2.67. The molecule has 0 bridgehead atoms. The van der Waals surface area contributed by atoms with Gasteiger partial charge in [0.25, 0.3) is 0 Å². The van der Waals surface area contributed by atoms with Crippen LogP contribution < -0.4 is 10.6 Å². The van der Waals surface area contributed by atoms with Crippen LogP contribution in [0.25, 0.3) is 0 Å². The second-order valence-corrected chi connectivity index (χ2v) is 10.2. The molecular formula is C23H19BrCl2N4O. The number of hydrogen-bond donors (Lipinski definition) is 1. The molecule has 0 saturated carbocycles. The third-order valence-corrected chi connectivity index (χ3v) is 6.63. The third kappa shape index (κ3) is 3.87. The zero-order valence-electron chi connectivity index (χ0n) is 16.9. The van der Waals surface area contributed by atoms with E-state index in [2.05, 4.69) is 27.0 Å². The summed E-state index contributed by atoms with van der Waals surface area (Å²) in [5, 5.41) is 10.9. The Morgan fingerprint density at radius 1 is 1.26 bits per heavy atom. The van der Waals surface area contributed by atoms with Crippen LogP contribution in [0.15, 0.2) is 63.7 Å². The standard InChI is InChI=1S/C23H19BrCl2N4O/c1-23(2)8-17-21(18(31)9-23)20(14-5-4-13(25)7-16(14)26)15(10-27)22(28)30(17)19-6-3-12(24)11-29-19/h3-7,11,20H,8-9,28H2,1-2H3/t20-/m0/s1. The monoisotopic (exact) mass is 516 g/mol. The van der Waals surface area contributed by atoms with E-state index in [1.54, 1.807) is 35.4 Å². The molecule has 2 aromatic rings. The van der Waals surface area contributed by atoms with E-state index < -0.39 is 5.92 Å². The lowest BCUT2D eigenvalue weighted by Gasteiger charge is -2.43. The number of allylic oxidation sites excluding steroid dienone is 3. The fourth-order valence-corrected chi connectivity index (χ4v) is 5.07. The van der Waals surface area contributed by atoms with Gasteiger partial charge < -0.3 is 5.73 Å². The highest BCUT2D eigenvalue weighted by atomic mass is 79.9. The third-order valence-electron chi connectivity index (χ3n) is 5.60. The summed E-state index contributed by atoms with van der Waals surface area (Å²) < 4.78 is 0.816. The van der Waals surface area contributed by atoms with Gasteiger partial charge in [0.15, 0.2) is 5.78 Å². The topological polar surface area (TPSA) is 83.0 Å². The van der Waals surface area contributed by atoms with Crippen molar-refractivity contribution in [1.82, 2.24) is 4.98 Å². The quantitative estimate of drug-likeness (QED) is 0.521. The molecule has 5 nitrogen and oxygen atoms in total. The minimum atomic E-state index is -0.653. The Morgan fingerprint density at radius 2 is 2.00 bits per heavy atom. The van der Waals surface area contributed by atoms with Gasteiger partial charge in [-0.15, -0.1) is 0 Å². The van der Waals surface area contributed by atoms with Crippen LogP contribution in [0.2, 0.25) is 10.0 Å². The number of Topliss-reactive ketones (excluding diaryl/α,β-unsaturated/α-hetero) is 1. The number of nitrogens with two attached hydrogens (primary N) is 1. The molecule has 1 aromatic carbocycles. The van der Waals surface area contributed by atoms with Gasteiger partial charge in [-0.3, -0.25) is 9.69 Å². The van der Waals surface area contributed by atoms with E-state index in [0.29, 0.717) is 39.8 Å². The van der Waals surface area contributed by atoms with Crippen molar-refractivity contribution in [2.45, 2.75) is 32.6 Å². The lowest BCUT2D eigenvalue weighted by atomic mass is 9.68. The van der Waals surface area contributed by atoms with E-state index in [4.69, 9.17) is 28.9 Å². The van der Waals surface area contributed by atoms with Crippen molar-refractivity contribution in [3.05, 3.63) is 79.3 Å². The van der Waals surface area contributed by atoms with Crippen molar-refractivity contribution in [3.63, 3.8) is 0 Å². The number of benzene rings is 1. The van der Waals surface area contributed by atoms with Crippen molar-refractivity contribution in [1.29, 1.82) is 5.26 Å². The Morgan fingerprint density at radius 3 is 2.61 bits per heavy atom. The molecule has 1 atom stereocenters. The number of carbonyl (C=O) groups is 1. The first kappa shape index (κ1) is 21.9. The first-order valence-corrected chi connectivity index (χ1v) is 11.2. The van der Waals surface area contributed by atoms with Crippen molar-refractivity contribution in [2.75, 3.05) is 4.90 Å². The van der Waals surface area contributed by atoms with Crippen molar-refractivity contribution in [2.24, 2.45) is 11.1 Å². The number of ketones is 1. The summed E-state index contributed by atoms with van der Waals surface area (Å²) >= 11 is 16.0. The zero-order chi connectivity index (χ0) is 22.5. The number of halogens is 3. The van der Waals surface area contributed by atoms with E-state index in [-0.39, 0.29) is 22.6 Å². The number of nitrogens with zero attached hydrogens (tertiary/aromatic N) is 3. The molecule has 0 fully saturated rings. The number of hydrogen-bond acceptors (Lipinski definition) is 5. The molecular weight excluding hydrogens is 499 g/mol. The highest BCUT2D eigenvalue weighted by molar-refractivity contribution is 9.10. The first-order valence-electron chi connectivity index (χ1n) is 9.65. The second kappa shape index (κ2) is 7.98. The Kier molecular flexibility index (Phi) is 5.63. The van der Waals surface area contributed by atoms with E-state index in [9.17, 15) is 10.1 Å². The summed E-state index contributed by atoms with van der Waals surface area (Å²) in [4.78, 5) is 19.7. The highest BCUT2D eigenvalue weighted by Crippen LogP contribution is 2.51. The number of anilines is 1. The molecule has 2 aliphatic rings. The molecule has 8 heteroatoms. The molecule has 4 rings (SSSR count). The molecule has 0 spiro atoms. The SMILES string of the molecule is CC1(C)CC(=O)C2=C(C1)N(c1ccc(Br)cn1)C(N)=C(C#N)[C@@H]2c1ccc(Cl)cc1Cl. The Hall–Kier alpha value is -2.33. The fourth-order valence-electron chi connectivity index (χ4n) is 4.32. The van der Waals surface area contributed by atoms with E-state index >= 15 is 0 Å². The van der Waals surface area contributed by atoms with Crippen LogP contribution in [-0.2, 0) is 4.79 Å². The van der Waals surface area contributed by atoms with Gasteiger partial charge in [-0.05, 0) is 57.6 Å². The van der Waals surface area contributed by atoms with Crippen LogP contribution in [0.3, 0.4) is 0 Å². The van der Waals surface area contributed by atoms with Crippen LogP contribution in [0.1, 0.15) is 38.2 Å². The lowest BCUT2D eigenvalue weighted by Crippen LogP contribution is -2.42. The summed E-state index contributed by atoms with van der Waals surface area (Å²) in [6.07, 6.45) is 2.63. The van der Waals surface area contributed by atoms with Crippen LogP contribution in [-0.4, -0.2) is 10.8 Å². The van der Waals surface area contributed by atoms with Crippen LogP contribution in [0.5, 0.6) is 0 Å². The van der Waals surface area contributed by atoms with Crippen LogP contribution in [0.4, 0.5) is 5.82 Å². The largest absolute Gasteiger partial charge is 0.384 e. The molecule has 0 unspecified atom stereocenters. The van der Waals surface area contributed by atoms with Crippen LogP contribution >= 0.6 is 39.1 Å². The van der Waals surface area contributed by atoms with Gasteiger partial charge in [0.05, 0.1) is 17.6 Å². The fraction of sp³-hybridized carbons (Fsp3) is 0.261. The smallest absolute Gasteiger partial charge is 0.162 e. The first-order chi connectivity index (χ1) is 14.6. The number of rotatable bonds is 2. The summed E-state index contributed by atoms with van der Waals surface area (Å²) in [6, 6.07) is 11.0. The molecule has 1 aliphatic carbocycles. The maximum Gasteiger partial charge on any atom is 0.162 e. The molecule has 1 aromatic heterocycles. The molecule has 0 saturated heterocycles. The predicted octanol–water partition coefficient (Wildman–Crippen LogP) is 6.09. The normalized spacial score (nSPS) is 20.6. The van der Waals surface area contributed by atoms with Crippen molar-refractivity contribution < 1.29 is 4.79 Å². The zero-order valence-corrected chi connectivity index (χ0v) is 20.0. The van der Waals surface area contributed by atoms with Gasteiger partial charge in [0.1, 0.15) is 11.6 Å². The highest BCUT2D eigenvalue weighted by Gasteiger charge is 2.45. The molecule has 0 radical (unpaired) electrons. The van der Waals surface area contributed by atoms with Crippen molar-refractivity contribution in [3.8, 4) is 6.07 Å². The summed E-state index contributed by atoms with van der Waals surface area (Å²) in [6.45, 7) is 4.09. The minimum absolute atomic E-state index is 0.0235. The predicted molar refractivity (Wildman–Crippen MR) is 125 cm³/mol. The maximum atomic E-state index is 13.5. The van der Waals surface area contributed by atoms with E-state index in [1.807, 2.05) is 19.9 Å². The average molecular weight is 518 g/mol. The van der Waals surface area contributed by atoms with Crippen molar-refractivity contribution >= 4 is 50.7 Å². The van der Waals surface area contributed by atoms with Gasteiger partial charge in [-0.25, -0.2) is 4.98 Å². The minimum Gasteiger partial charge on any atom is -0.384 e. The molecule has 2 heterocycles. The second-order valence-electron chi connectivity index (χ2n) is 8.48. The Labute approximate surface area is 199 Å². The molecule has 2 N–H and O–H groups in total. The molecule has 0 amide bonds.